The molecule has 124 valence electrons. The number of ether oxygens (including phenoxy) is 1. The predicted octanol–water partition coefficient (Wildman–Crippen LogP) is 3.70. The van der Waals surface area contributed by atoms with Crippen molar-refractivity contribution in [3.8, 4) is 5.75 Å². The molecule has 1 N–H and O–H groups in total. The van der Waals surface area contributed by atoms with Gasteiger partial charge in [-0.2, -0.15) is 13.2 Å². The Morgan fingerprint density at radius 1 is 1.17 bits per heavy atom. The molecule has 1 fully saturated rings. The molecule has 0 radical (unpaired) electrons. The van der Waals surface area contributed by atoms with Gasteiger partial charge in [0.15, 0.2) is 0 Å². The minimum Gasteiger partial charge on any atom is -0.488 e. The average Bonchev–Trinajstić information content (AvgIpc) is 2.54. The largest absolute Gasteiger partial charge is 0.488 e. The van der Waals surface area contributed by atoms with Crippen LogP contribution in [-0.2, 0) is 4.79 Å². The monoisotopic (exact) mass is 325 g/mol. The number of carbonyl (C=O) groups is 1. The maximum Gasteiger partial charge on any atom is 0.393 e. The highest BCUT2D eigenvalue weighted by molar-refractivity contribution is 5.99. The summed E-state index contributed by atoms with van der Waals surface area (Å²) in [7, 11) is 0. The van der Waals surface area contributed by atoms with Gasteiger partial charge in [-0.1, -0.05) is 31.0 Å². The van der Waals surface area contributed by atoms with E-state index in [0.29, 0.717) is 30.6 Å². The van der Waals surface area contributed by atoms with Crippen LogP contribution >= 0.6 is 0 Å². The topological polar surface area (TPSA) is 38.3 Å². The van der Waals surface area contributed by atoms with Gasteiger partial charge in [0.25, 0.3) is 5.91 Å². The van der Waals surface area contributed by atoms with Crippen molar-refractivity contribution in [2.75, 3.05) is 6.61 Å². The number of hydrogen-bond acceptors (Lipinski definition) is 2. The van der Waals surface area contributed by atoms with Crippen LogP contribution in [0, 0.1) is 5.92 Å². The number of para-hydroxylation sites is 1. The molecule has 1 saturated carbocycles. The molecule has 1 aliphatic heterocycles. The van der Waals surface area contributed by atoms with Crippen molar-refractivity contribution in [3.63, 3.8) is 0 Å². The molecule has 0 aromatic heterocycles. The quantitative estimate of drug-likeness (QED) is 0.900. The predicted molar refractivity (Wildman–Crippen MR) is 79.9 cm³/mol. The van der Waals surface area contributed by atoms with Crippen molar-refractivity contribution in [2.24, 2.45) is 5.92 Å². The van der Waals surface area contributed by atoms with Crippen LogP contribution < -0.4 is 10.1 Å². The lowest BCUT2D eigenvalue weighted by atomic mass is 9.84. The maximum atomic E-state index is 13.1. The molecule has 3 rings (SSSR count). The third-order valence-corrected chi connectivity index (χ3v) is 4.43. The Balaban J connectivity index is 1.73. The molecular formula is C17H18F3NO2. The van der Waals surface area contributed by atoms with E-state index in [4.69, 9.17) is 4.74 Å². The van der Waals surface area contributed by atoms with Crippen LogP contribution in [0.25, 0.3) is 6.08 Å². The summed E-state index contributed by atoms with van der Waals surface area (Å²) in [5, 5.41) is 2.57. The molecule has 1 aromatic rings. The zero-order chi connectivity index (χ0) is 16.4. The van der Waals surface area contributed by atoms with Crippen LogP contribution in [0.1, 0.15) is 31.2 Å². The van der Waals surface area contributed by atoms with E-state index in [9.17, 15) is 18.0 Å². The van der Waals surface area contributed by atoms with Crippen molar-refractivity contribution in [1.29, 1.82) is 0 Å². The minimum absolute atomic E-state index is 0.0756. The molecule has 1 aliphatic carbocycles. The summed E-state index contributed by atoms with van der Waals surface area (Å²) in [5.74, 6) is -1.26. The Morgan fingerprint density at radius 3 is 2.70 bits per heavy atom. The molecule has 2 atom stereocenters. The number of halogens is 3. The van der Waals surface area contributed by atoms with Crippen LogP contribution in [0.4, 0.5) is 13.2 Å². The fourth-order valence-electron chi connectivity index (χ4n) is 3.20. The van der Waals surface area contributed by atoms with E-state index in [2.05, 4.69) is 5.32 Å². The standard InChI is InChI=1S/C17H18F3NO2/c18-17(19,20)13-6-2-3-7-14(13)21-16(22)12-9-11-5-1-4-8-15(11)23-10-12/h1,4-5,8-9,13-14H,2-3,6-7,10H2,(H,21,22)/t13-,14+/m0/s1. The highest BCUT2D eigenvalue weighted by Crippen LogP contribution is 2.38. The van der Waals surface area contributed by atoms with Gasteiger partial charge in [-0.25, -0.2) is 0 Å². The SMILES string of the molecule is O=C(N[C@@H]1CCCC[C@@H]1C(F)(F)F)C1=Cc2ccccc2OC1. The number of fused-ring (bicyclic) bond motifs is 1. The van der Waals surface area contributed by atoms with E-state index in [1.165, 1.54) is 0 Å². The molecule has 1 heterocycles. The van der Waals surface area contributed by atoms with Gasteiger partial charge in [-0.15, -0.1) is 0 Å². The van der Waals surface area contributed by atoms with Gasteiger partial charge in [0.2, 0.25) is 0 Å². The second-order valence-corrected chi connectivity index (χ2v) is 6.01. The van der Waals surface area contributed by atoms with E-state index in [1.807, 2.05) is 12.1 Å². The average molecular weight is 325 g/mol. The van der Waals surface area contributed by atoms with Gasteiger partial charge in [0.1, 0.15) is 12.4 Å². The van der Waals surface area contributed by atoms with Crippen LogP contribution in [0.3, 0.4) is 0 Å². The summed E-state index contributed by atoms with van der Waals surface area (Å²) in [4.78, 5) is 12.3. The van der Waals surface area contributed by atoms with Crippen molar-refractivity contribution in [2.45, 2.75) is 37.9 Å². The summed E-state index contributed by atoms with van der Waals surface area (Å²) in [5.41, 5.74) is 1.12. The summed E-state index contributed by atoms with van der Waals surface area (Å²) < 4.78 is 44.8. The number of alkyl halides is 3. The lowest BCUT2D eigenvalue weighted by Crippen LogP contribution is -2.48. The normalized spacial score (nSPS) is 24.2. The summed E-state index contributed by atoms with van der Waals surface area (Å²) in [6.45, 7) is 0.0756. The lowest BCUT2D eigenvalue weighted by Gasteiger charge is -2.33. The Bertz CT molecular complexity index is 625. The second kappa shape index (κ2) is 6.26. The van der Waals surface area contributed by atoms with Crippen LogP contribution in [0.5, 0.6) is 5.75 Å². The van der Waals surface area contributed by atoms with Gasteiger partial charge in [0.05, 0.1) is 11.5 Å². The first-order valence-corrected chi connectivity index (χ1v) is 7.75. The number of amides is 1. The smallest absolute Gasteiger partial charge is 0.393 e. The summed E-state index contributed by atoms with van der Waals surface area (Å²) in [6.07, 6.45) is -0.902. The van der Waals surface area contributed by atoms with Crippen LogP contribution in [-0.4, -0.2) is 24.7 Å². The van der Waals surface area contributed by atoms with Gasteiger partial charge in [-0.05, 0) is 25.0 Å². The number of nitrogens with one attached hydrogen (secondary N) is 1. The number of hydrogen-bond donors (Lipinski definition) is 1. The molecular weight excluding hydrogens is 307 g/mol. The first-order valence-electron chi connectivity index (χ1n) is 7.75. The Hall–Kier alpha value is -1.98. The Morgan fingerprint density at radius 2 is 1.91 bits per heavy atom. The first-order chi connectivity index (χ1) is 10.9. The van der Waals surface area contributed by atoms with Crippen molar-refractivity contribution < 1.29 is 22.7 Å². The fraction of sp³-hybridized carbons (Fsp3) is 0.471. The molecule has 1 amide bonds. The molecule has 0 saturated heterocycles. The number of benzene rings is 1. The fourth-order valence-corrected chi connectivity index (χ4v) is 3.20. The molecule has 1 aromatic carbocycles. The highest BCUT2D eigenvalue weighted by atomic mass is 19.4. The maximum absolute atomic E-state index is 13.1. The lowest BCUT2D eigenvalue weighted by molar-refractivity contribution is -0.189. The minimum atomic E-state index is -4.28. The molecule has 23 heavy (non-hydrogen) atoms. The van der Waals surface area contributed by atoms with Gasteiger partial charge in [0, 0.05) is 11.6 Å². The molecule has 0 spiro atoms. The zero-order valence-electron chi connectivity index (χ0n) is 12.5. The molecule has 2 aliphatic rings. The van der Waals surface area contributed by atoms with Crippen LogP contribution in [0.2, 0.25) is 0 Å². The second-order valence-electron chi connectivity index (χ2n) is 6.01. The van der Waals surface area contributed by atoms with Crippen molar-refractivity contribution in [3.05, 3.63) is 35.4 Å². The first kappa shape index (κ1) is 15.9. The Kier molecular flexibility index (Phi) is 4.33. The molecule has 0 bridgehead atoms. The third kappa shape index (κ3) is 3.51. The van der Waals surface area contributed by atoms with Crippen LogP contribution in [0.15, 0.2) is 29.8 Å². The van der Waals surface area contributed by atoms with E-state index >= 15 is 0 Å². The van der Waals surface area contributed by atoms with E-state index in [0.717, 1.165) is 5.56 Å². The van der Waals surface area contributed by atoms with Gasteiger partial charge >= 0.3 is 6.18 Å². The zero-order valence-corrected chi connectivity index (χ0v) is 12.5. The summed E-state index contributed by atoms with van der Waals surface area (Å²) in [6, 6.07) is 6.39. The Labute approximate surface area is 132 Å². The number of rotatable bonds is 2. The number of carbonyl (C=O) groups excluding carboxylic acids is 1. The molecule has 3 nitrogen and oxygen atoms in total. The van der Waals surface area contributed by atoms with Crippen molar-refractivity contribution >= 4 is 12.0 Å². The molecule has 0 unspecified atom stereocenters. The van der Waals surface area contributed by atoms with Gasteiger partial charge < -0.3 is 10.1 Å². The van der Waals surface area contributed by atoms with Crippen molar-refractivity contribution in [1.82, 2.24) is 5.32 Å². The third-order valence-electron chi connectivity index (χ3n) is 4.43. The molecule has 6 heteroatoms. The van der Waals surface area contributed by atoms with Gasteiger partial charge in [-0.3, -0.25) is 4.79 Å². The van der Waals surface area contributed by atoms with E-state index in [1.54, 1.807) is 18.2 Å². The van der Waals surface area contributed by atoms with E-state index < -0.39 is 24.0 Å². The highest BCUT2D eigenvalue weighted by Gasteiger charge is 2.46. The van der Waals surface area contributed by atoms with E-state index in [-0.39, 0.29) is 13.0 Å². The summed E-state index contributed by atoms with van der Waals surface area (Å²) >= 11 is 0.